The Hall–Kier alpha value is -2.52. The number of aromatic nitrogens is 2. The van der Waals surface area contributed by atoms with Gasteiger partial charge < -0.3 is 5.11 Å². The molecule has 186 valence electrons. The van der Waals surface area contributed by atoms with Gasteiger partial charge in [-0.2, -0.15) is 9.40 Å². The van der Waals surface area contributed by atoms with E-state index in [1.54, 1.807) is 16.4 Å². The van der Waals surface area contributed by atoms with E-state index in [2.05, 4.69) is 41.2 Å². The Bertz CT molecular complexity index is 1300. The first-order chi connectivity index (χ1) is 16.8. The molecule has 0 saturated carbocycles. The van der Waals surface area contributed by atoms with Gasteiger partial charge in [-0.3, -0.25) is 9.58 Å². The summed E-state index contributed by atoms with van der Waals surface area (Å²) in [7, 11) is -1.66. The van der Waals surface area contributed by atoms with E-state index < -0.39 is 10.0 Å². The van der Waals surface area contributed by atoms with Crippen molar-refractivity contribution in [1.82, 2.24) is 19.0 Å². The summed E-state index contributed by atoms with van der Waals surface area (Å²) in [5, 5.41) is 14.6. The molecule has 0 bridgehead atoms. The number of rotatable bonds is 5. The molecule has 1 N–H and O–H groups in total. The Morgan fingerprint density at radius 1 is 1.03 bits per heavy atom. The summed E-state index contributed by atoms with van der Waals surface area (Å²) < 4.78 is 30.8. The molecule has 1 unspecified atom stereocenters. The van der Waals surface area contributed by atoms with Crippen LogP contribution in [0, 0.1) is 13.8 Å². The van der Waals surface area contributed by atoms with E-state index in [4.69, 9.17) is 0 Å². The zero-order chi connectivity index (χ0) is 24.7. The van der Waals surface area contributed by atoms with Gasteiger partial charge in [-0.05, 0) is 56.0 Å². The second-order valence-corrected chi connectivity index (χ2v) is 11.7. The Morgan fingerprint density at radius 2 is 1.74 bits per heavy atom. The van der Waals surface area contributed by atoms with Crippen LogP contribution in [0.25, 0.3) is 11.1 Å². The molecule has 3 heterocycles. The zero-order valence-electron chi connectivity index (χ0n) is 20.6. The third kappa shape index (κ3) is 4.22. The Balaban J connectivity index is 1.44. The van der Waals surface area contributed by atoms with E-state index in [0.29, 0.717) is 18.0 Å². The average molecular weight is 495 g/mol. The molecule has 8 heteroatoms. The van der Waals surface area contributed by atoms with Crippen LogP contribution in [0.5, 0.6) is 0 Å². The predicted octanol–water partition coefficient (Wildman–Crippen LogP) is 3.32. The van der Waals surface area contributed by atoms with E-state index in [9.17, 15) is 13.5 Å². The maximum absolute atomic E-state index is 13.6. The lowest BCUT2D eigenvalue weighted by atomic mass is 9.74. The first-order valence-electron chi connectivity index (χ1n) is 12.3. The van der Waals surface area contributed by atoms with E-state index in [0.717, 1.165) is 47.3 Å². The number of aliphatic hydroxyl groups excluding tert-OH is 1. The fourth-order valence-corrected chi connectivity index (χ4v) is 7.50. The Labute approximate surface area is 208 Å². The molecule has 0 spiro atoms. The highest BCUT2D eigenvalue weighted by Crippen LogP contribution is 2.43. The number of aliphatic hydroxyl groups is 1. The summed E-state index contributed by atoms with van der Waals surface area (Å²) in [6, 6.07) is 15.7. The zero-order valence-corrected chi connectivity index (χ0v) is 21.4. The summed E-state index contributed by atoms with van der Waals surface area (Å²) in [6.07, 6.45) is 3.62. The quantitative estimate of drug-likeness (QED) is 0.589. The molecular formula is C27H34N4O3S. The molecule has 2 aliphatic rings. The van der Waals surface area contributed by atoms with Gasteiger partial charge in [0.05, 0.1) is 17.7 Å². The van der Waals surface area contributed by atoms with Crippen molar-refractivity contribution in [3.05, 3.63) is 71.5 Å². The molecule has 1 aromatic heterocycles. The van der Waals surface area contributed by atoms with Crippen molar-refractivity contribution in [2.24, 2.45) is 7.05 Å². The van der Waals surface area contributed by atoms with Crippen LogP contribution >= 0.6 is 0 Å². The molecule has 2 aliphatic heterocycles. The normalized spacial score (nSPS) is 23.8. The van der Waals surface area contributed by atoms with Gasteiger partial charge in [-0.15, -0.1) is 0 Å². The summed E-state index contributed by atoms with van der Waals surface area (Å²) in [4.78, 5) is 2.70. The number of sulfonamides is 1. The fraction of sp³-hybridized carbons (Fsp3) is 0.444. The number of hydrogen-bond acceptors (Lipinski definition) is 5. The minimum absolute atomic E-state index is 0.00657. The summed E-state index contributed by atoms with van der Waals surface area (Å²) in [6.45, 7) is 5.81. The van der Waals surface area contributed by atoms with Gasteiger partial charge in [-0.1, -0.05) is 42.5 Å². The molecule has 2 saturated heterocycles. The van der Waals surface area contributed by atoms with Crippen LogP contribution < -0.4 is 0 Å². The summed E-state index contributed by atoms with van der Waals surface area (Å²) in [5.74, 6) is 0.0803. The number of nitrogens with zero attached hydrogens (tertiary/aromatic N) is 4. The van der Waals surface area contributed by atoms with Crippen molar-refractivity contribution in [3.63, 3.8) is 0 Å². The largest absolute Gasteiger partial charge is 0.395 e. The number of benzene rings is 2. The van der Waals surface area contributed by atoms with Crippen molar-refractivity contribution >= 4 is 10.0 Å². The van der Waals surface area contributed by atoms with Crippen molar-refractivity contribution in [3.8, 4) is 11.1 Å². The minimum Gasteiger partial charge on any atom is -0.395 e. The van der Waals surface area contributed by atoms with Gasteiger partial charge in [-0.25, -0.2) is 8.42 Å². The van der Waals surface area contributed by atoms with E-state index in [1.807, 2.05) is 37.0 Å². The van der Waals surface area contributed by atoms with Crippen LogP contribution in [0.3, 0.4) is 0 Å². The predicted molar refractivity (Wildman–Crippen MR) is 137 cm³/mol. The molecule has 35 heavy (non-hydrogen) atoms. The lowest BCUT2D eigenvalue weighted by Crippen LogP contribution is -2.67. The molecule has 7 nitrogen and oxygen atoms in total. The van der Waals surface area contributed by atoms with Gasteiger partial charge in [0, 0.05) is 49.4 Å². The van der Waals surface area contributed by atoms with E-state index in [-0.39, 0.29) is 24.6 Å². The number of fused-ring (bicyclic) bond motifs is 1. The van der Waals surface area contributed by atoms with Gasteiger partial charge in [0.25, 0.3) is 0 Å². The first kappa shape index (κ1) is 24.2. The van der Waals surface area contributed by atoms with Crippen LogP contribution in [0.1, 0.15) is 35.6 Å². The fourth-order valence-electron chi connectivity index (χ4n) is 5.78. The van der Waals surface area contributed by atoms with Crippen LogP contribution in [0.4, 0.5) is 0 Å². The van der Waals surface area contributed by atoms with Crippen molar-refractivity contribution in [1.29, 1.82) is 0 Å². The monoisotopic (exact) mass is 494 g/mol. The van der Waals surface area contributed by atoms with Crippen LogP contribution in [0.2, 0.25) is 0 Å². The third-order valence-electron chi connectivity index (χ3n) is 7.89. The Morgan fingerprint density at radius 3 is 2.40 bits per heavy atom. The molecule has 0 aliphatic carbocycles. The summed E-state index contributed by atoms with van der Waals surface area (Å²) in [5.41, 5.74) is 5.24. The van der Waals surface area contributed by atoms with Gasteiger partial charge in [0.15, 0.2) is 0 Å². The lowest BCUT2D eigenvalue weighted by molar-refractivity contribution is -0.0553. The summed E-state index contributed by atoms with van der Waals surface area (Å²) >= 11 is 0. The standard InChI is InChI=1S/C27H34N4O3S/c1-19-8-4-5-9-26(19)35(33,34)30-14-6-7-15-31-24(17-30)27(25(31)18-32)22-12-10-21(11-13-22)23-16-28-29(3)20(23)2/h4-5,8-13,16,24-25,27,32H,6-7,14-15,17-18H2,1-3H3/t24?,25-,27+/m1/s1. The maximum Gasteiger partial charge on any atom is 0.243 e. The van der Waals surface area contributed by atoms with Crippen LogP contribution in [0.15, 0.2) is 59.6 Å². The molecular weight excluding hydrogens is 460 g/mol. The van der Waals surface area contributed by atoms with E-state index in [1.165, 1.54) is 0 Å². The van der Waals surface area contributed by atoms with Crippen LogP contribution in [-0.2, 0) is 17.1 Å². The third-order valence-corrected chi connectivity index (χ3v) is 9.91. The molecule has 0 radical (unpaired) electrons. The molecule has 5 rings (SSSR count). The molecule has 2 aromatic carbocycles. The van der Waals surface area contributed by atoms with Gasteiger partial charge in [0.2, 0.25) is 10.0 Å². The molecule has 2 fully saturated rings. The average Bonchev–Trinajstić information content (AvgIpc) is 3.16. The highest BCUT2D eigenvalue weighted by atomic mass is 32.2. The second kappa shape index (κ2) is 9.50. The van der Waals surface area contributed by atoms with E-state index >= 15 is 0 Å². The highest BCUT2D eigenvalue weighted by Gasteiger charge is 2.50. The number of aryl methyl sites for hydroxylation is 2. The first-order valence-corrected chi connectivity index (χ1v) is 13.8. The van der Waals surface area contributed by atoms with Crippen LogP contribution in [-0.4, -0.2) is 70.8 Å². The molecule has 0 amide bonds. The van der Waals surface area contributed by atoms with Crippen molar-refractivity contribution in [2.75, 3.05) is 26.2 Å². The smallest absolute Gasteiger partial charge is 0.243 e. The second-order valence-electron chi connectivity index (χ2n) is 9.81. The molecule has 3 atom stereocenters. The number of hydrogen-bond donors (Lipinski definition) is 1. The minimum atomic E-state index is -3.59. The topological polar surface area (TPSA) is 78.7 Å². The Kier molecular flexibility index (Phi) is 6.57. The van der Waals surface area contributed by atoms with Gasteiger partial charge in [0.1, 0.15) is 0 Å². The van der Waals surface area contributed by atoms with Gasteiger partial charge >= 0.3 is 0 Å². The maximum atomic E-state index is 13.6. The SMILES string of the molecule is Cc1ccccc1S(=O)(=O)N1CCCCN2C(C1)[C@H](c1ccc(-c3cnn(C)c3C)cc1)[C@H]2CO. The molecule has 3 aromatic rings. The lowest BCUT2D eigenvalue weighted by Gasteiger charge is -2.57. The highest BCUT2D eigenvalue weighted by molar-refractivity contribution is 7.89. The van der Waals surface area contributed by atoms with Crippen molar-refractivity contribution < 1.29 is 13.5 Å². The van der Waals surface area contributed by atoms with Crippen molar-refractivity contribution in [2.45, 2.75) is 49.6 Å².